The van der Waals surface area contributed by atoms with E-state index in [9.17, 15) is 14.7 Å². The van der Waals surface area contributed by atoms with Crippen LogP contribution in [0.3, 0.4) is 0 Å². The molecule has 4 rings (SSSR count). The lowest BCUT2D eigenvalue weighted by molar-refractivity contribution is 0.0534. The number of piperazine rings is 1. The van der Waals surface area contributed by atoms with Crippen LogP contribution in [0, 0.1) is 13.8 Å². The molecule has 3 aromatic rings. The number of nitrogens with zero attached hydrogens (tertiary/aromatic N) is 4. The first-order valence-electron chi connectivity index (χ1n) is 9.55. The van der Waals surface area contributed by atoms with Crippen LogP contribution in [0.15, 0.2) is 42.5 Å². The molecule has 0 aliphatic carbocycles. The van der Waals surface area contributed by atoms with E-state index in [1.165, 1.54) is 6.07 Å². The third-order valence-corrected chi connectivity index (χ3v) is 5.31. The first-order valence-corrected chi connectivity index (χ1v) is 9.55. The highest BCUT2D eigenvalue weighted by atomic mass is 16.3. The number of aromatic nitrogens is 2. The van der Waals surface area contributed by atoms with Gasteiger partial charge in [0.05, 0.1) is 28.0 Å². The van der Waals surface area contributed by atoms with Crippen molar-refractivity contribution in [1.82, 2.24) is 19.8 Å². The molecule has 0 bridgehead atoms. The van der Waals surface area contributed by atoms with Gasteiger partial charge in [0.25, 0.3) is 11.8 Å². The number of phenols is 1. The van der Waals surface area contributed by atoms with Gasteiger partial charge in [-0.05, 0) is 44.2 Å². The van der Waals surface area contributed by atoms with E-state index in [0.717, 1.165) is 16.9 Å². The summed E-state index contributed by atoms with van der Waals surface area (Å²) in [6, 6.07) is 11.9. The second-order valence-corrected chi connectivity index (χ2v) is 7.20. The molecule has 0 spiro atoms. The van der Waals surface area contributed by atoms with E-state index in [-0.39, 0.29) is 23.1 Å². The standard InChI is InChI=1S/C22H22N4O3/c1-14-15(2)24-19-13-16(7-8-18(19)23-14)21(28)25-9-11-26(12-10-25)22(29)17-5-3-4-6-20(17)27/h3-8,13,27H,9-12H2,1-2H3. The number of fused-ring (bicyclic) bond motifs is 1. The van der Waals surface area contributed by atoms with Gasteiger partial charge in [0.1, 0.15) is 5.75 Å². The normalized spacial score (nSPS) is 14.3. The molecule has 0 atom stereocenters. The molecule has 7 nitrogen and oxygen atoms in total. The Morgan fingerprint density at radius 2 is 1.41 bits per heavy atom. The van der Waals surface area contributed by atoms with Crippen molar-refractivity contribution >= 4 is 22.8 Å². The topological polar surface area (TPSA) is 86.6 Å². The Balaban J connectivity index is 1.46. The summed E-state index contributed by atoms with van der Waals surface area (Å²) in [6.07, 6.45) is 0. The highest BCUT2D eigenvalue weighted by Crippen LogP contribution is 2.20. The van der Waals surface area contributed by atoms with Gasteiger partial charge in [0, 0.05) is 31.7 Å². The Labute approximate surface area is 168 Å². The van der Waals surface area contributed by atoms with Gasteiger partial charge in [-0.2, -0.15) is 0 Å². The molecule has 1 aromatic heterocycles. The molecule has 1 aliphatic heterocycles. The Kier molecular flexibility index (Phi) is 4.88. The molecule has 1 saturated heterocycles. The van der Waals surface area contributed by atoms with Crippen LogP contribution in [0.4, 0.5) is 0 Å². The zero-order chi connectivity index (χ0) is 20.5. The van der Waals surface area contributed by atoms with Crippen LogP contribution in [0.1, 0.15) is 32.1 Å². The van der Waals surface area contributed by atoms with Crippen LogP contribution in [0.25, 0.3) is 11.0 Å². The van der Waals surface area contributed by atoms with E-state index in [1.807, 2.05) is 19.9 Å². The number of para-hydroxylation sites is 1. The summed E-state index contributed by atoms with van der Waals surface area (Å²) in [6.45, 7) is 5.53. The summed E-state index contributed by atoms with van der Waals surface area (Å²) >= 11 is 0. The maximum absolute atomic E-state index is 12.9. The fraction of sp³-hybridized carbons (Fsp3) is 0.273. The summed E-state index contributed by atoms with van der Waals surface area (Å²) < 4.78 is 0. The molecule has 0 radical (unpaired) electrons. The maximum Gasteiger partial charge on any atom is 0.257 e. The monoisotopic (exact) mass is 390 g/mol. The number of aryl methyl sites for hydroxylation is 2. The molecule has 148 valence electrons. The number of hydrogen-bond donors (Lipinski definition) is 1. The summed E-state index contributed by atoms with van der Waals surface area (Å²) in [5.41, 5.74) is 4.04. The van der Waals surface area contributed by atoms with E-state index in [1.54, 1.807) is 40.1 Å². The molecular weight excluding hydrogens is 368 g/mol. The maximum atomic E-state index is 12.9. The first-order chi connectivity index (χ1) is 13.9. The summed E-state index contributed by atoms with van der Waals surface area (Å²) in [5, 5.41) is 9.90. The number of carbonyl (C=O) groups is 2. The van der Waals surface area contributed by atoms with E-state index in [0.29, 0.717) is 37.3 Å². The van der Waals surface area contributed by atoms with Gasteiger partial charge in [-0.1, -0.05) is 12.1 Å². The minimum Gasteiger partial charge on any atom is -0.507 e. The van der Waals surface area contributed by atoms with Gasteiger partial charge in [-0.15, -0.1) is 0 Å². The lowest BCUT2D eigenvalue weighted by atomic mass is 10.1. The van der Waals surface area contributed by atoms with Crippen LogP contribution >= 0.6 is 0 Å². The number of phenolic OH excluding ortho intramolecular Hbond substituents is 1. The van der Waals surface area contributed by atoms with Gasteiger partial charge in [-0.3, -0.25) is 9.59 Å². The smallest absolute Gasteiger partial charge is 0.257 e. The number of rotatable bonds is 2. The van der Waals surface area contributed by atoms with Crippen LogP contribution < -0.4 is 0 Å². The zero-order valence-electron chi connectivity index (χ0n) is 16.4. The third kappa shape index (κ3) is 3.63. The minimum atomic E-state index is -0.220. The predicted octanol–water partition coefficient (Wildman–Crippen LogP) is 2.55. The van der Waals surface area contributed by atoms with Crippen LogP contribution in [-0.2, 0) is 0 Å². The molecule has 7 heteroatoms. The molecule has 0 unspecified atom stereocenters. The van der Waals surface area contributed by atoms with E-state index < -0.39 is 0 Å². The molecule has 29 heavy (non-hydrogen) atoms. The molecular formula is C22H22N4O3. The summed E-state index contributed by atoms with van der Waals surface area (Å²) in [7, 11) is 0. The Bertz CT molecular complexity index is 1100. The van der Waals surface area contributed by atoms with Crippen molar-refractivity contribution in [2.24, 2.45) is 0 Å². The van der Waals surface area contributed by atoms with E-state index in [2.05, 4.69) is 9.97 Å². The highest BCUT2D eigenvalue weighted by Gasteiger charge is 2.26. The van der Waals surface area contributed by atoms with E-state index >= 15 is 0 Å². The van der Waals surface area contributed by atoms with Crippen molar-refractivity contribution in [3.8, 4) is 5.75 Å². The Morgan fingerprint density at radius 3 is 2.07 bits per heavy atom. The number of aromatic hydroxyl groups is 1. The van der Waals surface area contributed by atoms with Crippen molar-refractivity contribution < 1.29 is 14.7 Å². The second kappa shape index (κ2) is 7.50. The Morgan fingerprint density at radius 1 is 0.828 bits per heavy atom. The van der Waals surface area contributed by atoms with Crippen LogP contribution in [-0.4, -0.2) is 62.9 Å². The van der Waals surface area contributed by atoms with Gasteiger partial charge >= 0.3 is 0 Å². The number of amides is 2. The molecule has 2 aromatic carbocycles. The fourth-order valence-corrected chi connectivity index (χ4v) is 3.48. The minimum absolute atomic E-state index is 0.0289. The lowest BCUT2D eigenvalue weighted by Gasteiger charge is -2.35. The van der Waals surface area contributed by atoms with Gasteiger partial charge in [0.2, 0.25) is 0 Å². The quantitative estimate of drug-likeness (QED) is 0.727. The van der Waals surface area contributed by atoms with Gasteiger partial charge < -0.3 is 14.9 Å². The van der Waals surface area contributed by atoms with Gasteiger partial charge in [-0.25, -0.2) is 9.97 Å². The number of carbonyl (C=O) groups excluding carboxylic acids is 2. The SMILES string of the molecule is Cc1nc2ccc(C(=O)N3CCN(C(=O)c4ccccc4O)CC3)cc2nc1C. The van der Waals surface area contributed by atoms with Crippen molar-refractivity contribution in [2.75, 3.05) is 26.2 Å². The summed E-state index contributed by atoms with van der Waals surface area (Å²) in [5.74, 6) is -0.331. The fourth-order valence-electron chi connectivity index (χ4n) is 3.48. The number of hydrogen-bond acceptors (Lipinski definition) is 5. The summed E-state index contributed by atoms with van der Waals surface area (Å²) in [4.78, 5) is 38.0. The highest BCUT2D eigenvalue weighted by molar-refractivity contribution is 5.98. The van der Waals surface area contributed by atoms with Crippen molar-refractivity contribution in [1.29, 1.82) is 0 Å². The van der Waals surface area contributed by atoms with Crippen molar-refractivity contribution in [2.45, 2.75) is 13.8 Å². The average Bonchev–Trinajstić information content (AvgIpc) is 2.74. The molecule has 1 N–H and O–H groups in total. The molecule has 2 heterocycles. The zero-order valence-corrected chi connectivity index (χ0v) is 16.4. The predicted molar refractivity (Wildman–Crippen MR) is 109 cm³/mol. The van der Waals surface area contributed by atoms with Crippen molar-refractivity contribution in [3.63, 3.8) is 0 Å². The number of benzene rings is 2. The van der Waals surface area contributed by atoms with E-state index in [4.69, 9.17) is 0 Å². The van der Waals surface area contributed by atoms with Crippen LogP contribution in [0.5, 0.6) is 5.75 Å². The molecule has 1 fully saturated rings. The van der Waals surface area contributed by atoms with Crippen molar-refractivity contribution in [3.05, 3.63) is 65.0 Å². The molecule has 0 saturated carbocycles. The lowest BCUT2D eigenvalue weighted by Crippen LogP contribution is -2.50. The average molecular weight is 390 g/mol. The largest absolute Gasteiger partial charge is 0.507 e. The van der Waals surface area contributed by atoms with Gasteiger partial charge in [0.15, 0.2) is 0 Å². The van der Waals surface area contributed by atoms with Crippen LogP contribution in [0.2, 0.25) is 0 Å². The molecule has 1 aliphatic rings. The Hall–Kier alpha value is -3.48. The first kappa shape index (κ1) is 18.9. The third-order valence-electron chi connectivity index (χ3n) is 5.31. The molecule has 2 amide bonds. The second-order valence-electron chi connectivity index (χ2n) is 7.20.